The lowest BCUT2D eigenvalue weighted by Gasteiger charge is -2.19. The Morgan fingerprint density at radius 1 is 1.29 bits per heavy atom. The molecule has 4 heteroatoms. The first-order valence-electron chi connectivity index (χ1n) is 5.56. The summed E-state index contributed by atoms with van der Waals surface area (Å²) in [6, 6.07) is 7.90. The Balaban J connectivity index is 2.17. The second-order valence-electron chi connectivity index (χ2n) is 4.16. The number of hydrogen-bond donors (Lipinski definition) is 1. The predicted octanol–water partition coefficient (Wildman–Crippen LogP) is 2.98. The molecule has 2 N–H and O–H groups in total. The SMILES string of the molecule is Cc1nc(CN(C)c2ccccc2N)sc1C. The van der Waals surface area contributed by atoms with Crippen LogP contribution in [0.2, 0.25) is 0 Å². The topological polar surface area (TPSA) is 42.2 Å². The van der Waals surface area contributed by atoms with E-state index >= 15 is 0 Å². The van der Waals surface area contributed by atoms with Gasteiger partial charge in [-0.1, -0.05) is 12.1 Å². The largest absolute Gasteiger partial charge is 0.397 e. The van der Waals surface area contributed by atoms with Gasteiger partial charge in [0.15, 0.2) is 0 Å². The number of thiazole rings is 1. The molecule has 1 aromatic heterocycles. The first-order valence-corrected chi connectivity index (χ1v) is 6.38. The molecule has 1 heterocycles. The minimum absolute atomic E-state index is 0.799. The normalized spacial score (nSPS) is 10.5. The highest BCUT2D eigenvalue weighted by Gasteiger charge is 2.09. The molecule has 0 saturated carbocycles. The standard InChI is InChI=1S/C13H17N3S/c1-9-10(2)17-13(15-9)8-16(3)12-7-5-4-6-11(12)14/h4-7H,8,14H2,1-3H3. The third-order valence-corrected chi connectivity index (χ3v) is 3.85. The molecule has 0 atom stereocenters. The number of aryl methyl sites for hydroxylation is 2. The number of nitrogen functional groups attached to an aromatic ring is 1. The second kappa shape index (κ2) is 4.75. The van der Waals surface area contributed by atoms with Gasteiger partial charge in [0.05, 0.1) is 23.6 Å². The number of benzene rings is 1. The third-order valence-electron chi connectivity index (χ3n) is 2.79. The summed E-state index contributed by atoms with van der Waals surface area (Å²) in [7, 11) is 2.04. The van der Waals surface area contributed by atoms with E-state index in [4.69, 9.17) is 5.73 Å². The van der Waals surface area contributed by atoms with Crippen molar-refractivity contribution in [3.05, 3.63) is 39.8 Å². The highest BCUT2D eigenvalue weighted by atomic mass is 32.1. The molecular formula is C13H17N3S. The van der Waals surface area contributed by atoms with Crippen molar-refractivity contribution in [2.24, 2.45) is 0 Å². The maximum atomic E-state index is 5.95. The van der Waals surface area contributed by atoms with Gasteiger partial charge in [0.25, 0.3) is 0 Å². The van der Waals surface area contributed by atoms with E-state index in [0.29, 0.717) is 0 Å². The zero-order valence-corrected chi connectivity index (χ0v) is 11.2. The van der Waals surface area contributed by atoms with E-state index in [9.17, 15) is 0 Å². The van der Waals surface area contributed by atoms with Crippen molar-refractivity contribution in [1.82, 2.24) is 4.98 Å². The molecule has 0 aliphatic carbocycles. The van der Waals surface area contributed by atoms with Crippen molar-refractivity contribution in [3.63, 3.8) is 0 Å². The van der Waals surface area contributed by atoms with Gasteiger partial charge in [-0.05, 0) is 26.0 Å². The Hall–Kier alpha value is -1.55. The molecule has 0 saturated heterocycles. The van der Waals surface area contributed by atoms with Crippen LogP contribution in [0.5, 0.6) is 0 Å². The predicted molar refractivity (Wildman–Crippen MR) is 74.5 cm³/mol. The summed E-state index contributed by atoms with van der Waals surface area (Å²) in [5.74, 6) is 0. The van der Waals surface area contributed by atoms with Gasteiger partial charge < -0.3 is 10.6 Å². The van der Waals surface area contributed by atoms with E-state index in [0.717, 1.165) is 28.6 Å². The van der Waals surface area contributed by atoms with Crippen LogP contribution in [-0.2, 0) is 6.54 Å². The fourth-order valence-electron chi connectivity index (χ4n) is 1.73. The van der Waals surface area contributed by atoms with E-state index in [-0.39, 0.29) is 0 Å². The number of para-hydroxylation sites is 2. The van der Waals surface area contributed by atoms with Crippen LogP contribution >= 0.6 is 11.3 Å². The summed E-state index contributed by atoms with van der Waals surface area (Å²) in [6.07, 6.45) is 0. The average molecular weight is 247 g/mol. The average Bonchev–Trinajstić information content (AvgIpc) is 2.58. The van der Waals surface area contributed by atoms with Crippen LogP contribution in [0.25, 0.3) is 0 Å². The molecule has 0 unspecified atom stereocenters. The highest BCUT2D eigenvalue weighted by molar-refractivity contribution is 7.11. The number of aromatic nitrogens is 1. The fourth-order valence-corrected chi connectivity index (χ4v) is 2.72. The maximum Gasteiger partial charge on any atom is 0.112 e. The molecule has 0 aliphatic heterocycles. The van der Waals surface area contributed by atoms with Gasteiger partial charge in [-0.15, -0.1) is 11.3 Å². The van der Waals surface area contributed by atoms with E-state index in [1.54, 1.807) is 11.3 Å². The van der Waals surface area contributed by atoms with Crippen molar-refractivity contribution in [1.29, 1.82) is 0 Å². The summed E-state index contributed by atoms with van der Waals surface area (Å²) >= 11 is 1.75. The lowest BCUT2D eigenvalue weighted by atomic mass is 10.2. The minimum Gasteiger partial charge on any atom is -0.397 e. The summed E-state index contributed by atoms with van der Waals surface area (Å²) in [4.78, 5) is 7.96. The lowest BCUT2D eigenvalue weighted by Crippen LogP contribution is -2.17. The van der Waals surface area contributed by atoms with Gasteiger partial charge in [-0.25, -0.2) is 4.98 Å². The van der Waals surface area contributed by atoms with Crippen LogP contribution in [0, 0.1) is 13.8 Å². The number of nitrogens with zero attached hydrogens (tertiary/aromatic N) is 2. The lowest BCUT2D eigenvalue weighted by molar-refractivity contribution is 0.906. The fraction of sp³-hybridized carbons (Fsp3) is 0.308. The van der Waals surface area contributed by atoms with Crippen molar-refractivity contribution < 1.29 is 0 Å². The Kier molecular flexibility index (Phi) is 3.33. The van der Waals surface area contributed by atoms with Crippen LogP contribution in [-0.4, -0.2) is 12.0 Å². The van der Waals surface area contributed by atoms with Gasteiger partial charge in [0.1, 0.15) is 5.01 Å². The molecule has 3 nitrogen and oxygen atoms in total. The van der Waals surface area contributed by atoms with Gasteiger partial charge in [-0.3, -0.25) is 0 Å². The van der Waals surface area contributed by atoms with Crippen LogP contribution in [0.3, 0.4) is 0 Å². The van der Waals surface area contributed by atoms with E-state index < -0.39 is 0 Å². The molecule has 1 aromatic carbocycles. The quantitative estimate of drug-likeness (QED) is 0.848. The number of nitrogens with two attached hydrogens (primary N) is 1. The van der Waals surface area contributed by atoms with Crippen LogP contribution in [0.15, 0.2) is 24.3 Å². The van der Waals surface area contributed by atoms with Crippen LogP contribution in [0.4, 0.5) is 11.4 Å². The first-order chi connectivity index (χ1) is 8.08. The van der Waals surface area contributed by atoms with Crippen molar-refractivity contribution >= 4 is 22.7 Å². The molecule has 0 radical (unpaired) electrons. The zero-order valence-electron chi connectivity index (χ0n) is 10.4. The number of anilines is 2. The Bertz CT molecular complexity index is 500. The van der Waals surface area contributed by atoms with E-state index in [2.05, 4.69) is 16.8 Å². The molecule has 17 heavy (non-hydrogen) atoms. The Morgan fingerprint density at radius 3 is 2.59 bits per heavy atom. The monoisotopic (exact) mass is 247 g/mol. The molecule has 2 rings (SSSR count). The smallest absolute Gasteiger partial charge is 0.112 e. The molecule has 0 bridgehead atoms. The summed E-state index contributed by atoms with van der Waals surface area (Å²) in [5.41, 5.74) is 8.94. The second-order valence-corrected chi connectivity index (χ2v) is 5.45. The van der Waals surface area contributed by atoms with Gasteiger partial charge in [0, 0.05) is 11.9 Å². The first kappa shape index (κ1) is 11.9. The summed E-state index contributed by atoms with van der Waals surface area (Å²) in [5, 5.41) is 1.13. The maximum absolute atomic E-state index is 5.95. The van der Waals surface area contributed by atoms with E-state index in [1.165, 1.54) is 4.88 Å². The van der Waals surface area contributed by atoms with Crippen molar-refractivity contribution in [2.75, 3.05) is 17.7 Å². The summed E-state index contributed by atoms with van der Waals surface area (Å²) in [6.45, 7) is 4.95. The van der Waals surface area contributed by atoms with Gasteiger partial charge in [-0.2, -0.15) is 0 Å². The highest BCUT2D eigenvalue weighted by Crippen LogP contribution is 2.24. The molecule has 0 spiro atoms. The molecule has 0 fully saturated rings. The number of hydrogen-bond acceptors (Lipinski definition) is 4. The number of rotatable bonds is 3. The van der Waals surface area contributed by atoms with Crippen molar-refractivity contribution in [3.8, 4) is 0 Å². The summed E-state index contributed by atoms with van der Waals surface area (Å²) < 4.78 is 0. The molecule has 90 valence electrons. The molecular weight excluding hydrogens is 230 g/mol. The minimum atomic E-state index is 0.799. The third kappa shape index (κ3) is 2.58. The van der Waals surface area contributed by atoms with Gasteiger partial charge in [0.2, 0.25) is 0 Å². The van der Waals surface area contributed by atoms with Gasteiger partial charge >= 0.3 is 0 Å². The van der Waals surface area contributed by atoms with Crippen molar-refractivity contribution in [2.45, 2.75) is 20.4 Å². The molecule has 2 aromatic rings. The molecule has 0 amide bonds. The molecule has 0 aliphatic rings. The van der Waals surface area contributed by atoms with E-state index in [1.807, 2.05) is 38.2 Å². The van der Waals surface area contributed by atoms with Crippen LogP contribution in [0.1, 0.15) is 15.6 Å². The zero-order chi connectivity index (χ0) is 12.4. The van der Waals surface area contributed by atoms with Crippen LogP contribution < -0.4 is 10.6 Å². The Labute approximate surface area is 106 Å². The Morgan fingerprint density at radius 2 is 2.00 bits per heavy atom.